The van der Waals surface area contributed by atoms with Crippen molar-refractivity contribution < 1.29 is 9.90 Å². The minimum atomic E-state index is -0.734. The summed E-state index contributed by atoms with van der Waals surface area (Å²) < 4.78 is 0. The van der Waals surface area contributed by atoms with Crippen LogP contribution in [0.2, 0.25) is 0 Å². The van der Waals surface area contributed by atoms with Crippen LogP contribution in [0.25, 0.3) is 0 Å². The monoisotopic (exact) mass is 214 g/mol. The summed E-state index contributed by atoms with van der Waals surface area (Å²) in [6, 6.07) is 0.126. The minimum absolute atomic E-state index is 0.412. The molecular weight excluding hydrogens is 192 g/mol. The van der Waals surface area contributed by atoms with Gasteiger partial charge in [-0.25, -0.2) is 0 Å². The molecule has 4 nitrogen and oxygen atoms in total. The Morgan fingerprint density at radius 3 is 2.87 bits per heavy atom. The van der Waals surface area contributed by atoms with Crippen molar-refractivity contribution in [3.8, 4) is 0 Å². The van der Waals surface area contributed by atoms with Gasteiger partial charge in [-0.05, 0) is 39.3 Å². The van der Waals surface area contributed by atoms with Crippen molar-refractivity contribution in [1.82, 2.24) is 10.2 Å². The standard InChI is InChI=1S/C11H22N2O2/c1-3-6-12-10(11(14)15)8-13-7-4-5-9(13)2/h9-10,12H,3-8H2,1-2H3,(H,14,15). The van der Waals surface area contributed by atoms with Gasteiger partial charge in [0.1, 0.15) is 6.04 Å². The van der Waals surface area contributed by atoms with E-state index < -0.39 is 12.0 Å². The lowest BCUT2D eigenvalue weighted by molar-refractivity contribution is -0.140. The molecule has 0 spiro atoms. The Morgan fingerprint density at radius 1 is 1.67 bits per heavy atom. The number of likely N-dealkylation sites (tertiary alicyclic amines) is 1. The summed E-state index contributed by atoms with van der Waals surface area (Å²) in [5.74, 6) is -0.734. The van der Waals surface area contributed by atoms with Crippen LogP contribution in [0.5, 0.6) is 0 Å². The van der Waals surface area contributed by atoms with Gasteiger partial charge in [-0.2, -0.15) is 0 Å². The second-order valence-corrected chi connectivity index (χ2v) is 4.33. The first-order chi connectivity index (χ1) is 7.15. The number of aliphatic carboxylic acids is 1. The molecule has 2 atom stereocenters. The molecule has 0 aliphatic carbocycles. The van der Waals surface area contributed by atoms with Crippen LogP contribution in [0, 0.1) is 0 Å². The normalized spacial score (nSPS) is 24.3. The van der Waals surface area contributed by atoms with Crippen LogP contribution >= 0.6 is 0 Å². The van der Waals surface area contributed by atoms with Crippen LogP contribution < -0.4 is 5.32 Å². The zero-order valence-electron chi connectivity index (χ0n) is 9.70. The number of hydrogen-bond acceptors (Lipinski definition) is 3. The number of carboxylic acids is 1. The minimum Gasteiger partial charge on any atom is -0.480 e. The van der Waals surface area contributed by atoms with E-state index in [4.69, 9.17) is 5.11 Å². The summed E-state index contributed by atoms with van der Waals surface area (Å²) in [5.41, 5.74) is 0. The van der Waals surface area contributed by atoms with Crippen LogP contribution in [0.1, 0.15) is 33.1 Å². The van der Waals surface area contributed by atoms with Crippen molar-refractivity contribution in [3.63, 3.8) is 0 Å². The maximum atomic E-state index is 11.0. The summed E-state index contributed by atoms with van der Waals surface area (Å²) in [4.78, 5) is 13.3. The Labute approximate surface area is 91.6 Å². The number of carboxylic acid groups (broad SMARTS) is 1. The molecule has 0 aromatic rings. The summed E-state index contributed by atoms with van der Waals surface area (Å²) in [6.45, 7) is 6.67. The second-order valence-electron chi connectivity index (χ2n) is 4.33. The van der Waals surface area contributed by atoms with Crippen LogP contribution in [0.4, 0.5) is 0 Å². The third kappa shape index (κ3) is 3.80. The van der Waals surface area contributed by atoms with Crippen LogP contribution in [0.3, 0.4) is 0 Å². The molecule has 2 unspecified atom stereocenters. The molecule has 88 valence electrons. The highest BCUT2D eigenvalue weighted by Crippen LogP contribution is 2.16. The van der Waals surface area contributed by atoms with E-state index in [0.29, 0.717) is 12.6 Å². The molecule has 1 fully saturated rings. The quantitative estimate of drug-likeness (QED) is 0.690. The van der Waals surface area contributed by atoms with Gasteiger partial charge in [-0.15, -0.1) is 0 Å². The van der Waals surface area contributed by atoms with Gasteiger partial charge in [0.05, 0.1) is 0 Å². The molecule has 0 aromatic heterocycles. The van der Waals surface area contributed by atoms with Gasteiger partial charge in [-0.1, -0.05) is 6.92 Å². The zero-order chi connectivity index (χ0) is 11.3. The highest BCUT2D eigenvalue weighted by Gasteiger charge is 2.26. The van der Waals surface area contributed by atoms with Crippen LogP contribution in [-0.2, 0) is 4.79 Å². The lowest BCUT2D eigenvalue weighted by atomic mass is 10.2. The predicted octanol–water partition coefficient (Wildman–Crippen LogP) is 0.923. The topological polar surface area (TPSA) is 52.6 Å². The highest BCUT2D eigenvalue weighted by molar-refractivity contribution is 5.73. The SMILES string of the molecule is CCCNC(CN1CCCC1C)C(=O)O. The molecule has 4 heteroatoms. The molecule has 2 N–H and O–H groups in total. The molecule has 1 rings (SSSR count). The molecule has 1 saturated heterocycles. The molecule has 0 bridgehead atoms. The number of hydrogen-bond donors (Lipinski definition) is 2. The molecule has 0 amide bonds. The summed E-state index contributed by atoms with van der Waals surface area (Å²) in [5, 5.41) is 12.1. The maximum Gasteiger partial charge on any atom is 0.322 e. The van der Waals surface area contributed by atoms with Crippen LogP contribution in [-0.4, -0.2) is 47.7 Å². The molecular formula is C11H22N2O2. The van der Waals surface area contributed by atoms with Crippen molar-refractivity contribution in [2.45, 2.75) is 45.2 Å². The first kappa shape index (κ1) is 12.5. The van der Waals surface area contributed by atoms with Crippen molar-refractivity contribution >= 4 is 5.97 Å². The third-order valence-corrected chi connectivity index (χ3v) is 3.05. The van der Waals surface area contributed by atoms with Gasteiger partial charge in [0.2, 0.25) is 0 Å². The maximum absolute atomic E-state index is 11.0. The Bertz CT molecular complexity index is 209. The third-order valence-electron chi connectivity index (χ3n) is 3.05. The highest BCUT2D eigenvalue weighted by atomic mass is 16.4. The van der Waals surface area contributed by atoms with E-state index in [1.54, 1.807) is 0 Å². The van der Waals surface area contributed by atoms with Crippen molar-refractivity contribution in [3.05, 3.63) is 0 Å². The van der Waals surface area contributed by atoms with Crippen molar-refractivity contribution in [1.29, 1.82) is 0 Å². The first-order valence-electron chi connectivity index (χ1n) is 5.85. The number of rotatable bonds is 6. The lowest BCUT2D eigenvalue weighted by Gasteiger charge is -2.25. The zero-order valence-corrected chi connectivity index (χ0v) is 9.70. The molecule has 0 radical (unpaired) electrons. The Hall–Kier alpha value is -0.610. The van der Waals surface area contributed by atoms with Gasteiger partial charge in [0.25, 0.3) is 0 Å². The second kappa shape index (κ2) is 6.08. The van der Waals surface area contributed by atoms with Crippen molar-refractivity contribution in [2.24, 2.45) is 0 Å². The Balaban J connectivity index is 2.39. The van der Waals surface area contributed by atoms with E-state index in [2.05, 4.69) is 17.1 Å². The van der Waals surface area contributed by atoms with E-state index in [9.17, 15) is 4.79 Å². The molecule has 15 heavy (non-hydrogen) atoms. The molecule has 1 aliphatic heterocycles. The number of nitrogens with one attached hydrogen (secondary N) is 1. The number of nitrogens with zero attached hydrogens (tertiary/aromatic N) is 1. The smallest absolute Gasteiger partial charge is 0.322 e. The fourth-order valence-corrected chi connectivity index (χ4v) is 2.05. The van der Waals surface area contributed by atoms with Gasteiger partial charge < -0.3 is 10.4 Å². The number of carbonyl (C=O) groups is 1. The lowest BCUT2D eigenvalue weighted by Crippen LogP contribution is -2.47. The van der Waals surface area contributed by atoms with E-state index in [-0.39, 0.29) is 0 Å². The summed E-state index contributed by atoms with van der Waals surface area (Å²) >= 11 is 0. The van der Waals surface area contributed by atoms with E-state index in [1.165, 1.54) is 12.8 Å². The Kier molecular flexibility index (Phi) is 5.05. The van der Waals surface area contributed by atoms with Gasteiger partial charge in [0, 0.05) is 12.6 Å². The molecule has 0 saturated carbocycles. The Morgan fingerprint density at radius 2 is 2.40 bits per heavy atom. The average Bonchev–Trinajstić information content (AvgIpc) is 2.58. The van der Waals surface area contributed by atoms with E-state index in [0.717, 1.165) is 19.5 Å². The fourth-order valence-electron chi connectivity index (χ4n) is 2.05. The van der Waals surface area contributed by atoms with Gasteiger partial charge >= 0.3 is 5.97 Å². The van der Waals surface area contributed by atoms with Gasteiger partial charge in [-0.3, -0.25) is 9.69 Å². The fraction of sp³-hybridized carbons (Fsp3) is 0.909. The average molecular weight is 214 g/mol. The molecule has 1 heterocycles. The van der Waals surface area contributed by atoms with Crippen molar-refractivity contribution in [2.75, 3.05) is 19.6 Å². The predicted molar refractivity (Wildman–Crippen MR) is 60.0 cm³/mol. The van der Waals surface area contributed by atoms with E-state index in [1.807, 2.05) is 6.92 Å². The largest absolute Gasteiger partial charge is 0.480 e. The van der Waals surface area contributed by atoms with Gasteiger partial charge in [0.15, 0.2) is 0 Å². The summed E-state index contributed by atoms with van der Waals surface area (Å²) in [6.07, 6.45) is 3.36. The molecule has 0 aromatic carbocycles. The first-order valence-corrected chi connectivity index (χ1v) is 5.85. The van der Waals surface area contributed by atoms with E-state index >= 15 is 0 Å². The van der Waals surface area contributed by atoms with Crippen LogP contribution in [0.15, 0.2) is 0 Å². The molecule has 1 aliphatic rings. The summed E-state index contributed by atoms with van der Waals surface area (Å²) in [7, 11) is 0.